The normalized spacial score (nSPS) is 9.11. The smallest absolute Gasteiger partial charge is 0.0398 e. The van der Waals surface area contributed by atoms with E-state index in [1.54, 1.807) is 6.20 Å². The Hall–Kier alpha value is -1.05. The molecule has 0 atom stereocenters. The van der Waals surface area contributed by atoms with Gasteiger partial charge in [0.1, 0.15) is 0 Å². The lowest BCUT2D eigenvalue weighted by Crippen LogP contribution is -1.90. The lowest BCUT2D eigenvalue weighted by atomic mass is 10.3. The van der Waals surface area contributed by atoms with Crippen molar-refractivity contribution in [2.45, 2.75) is 6.92 Å². The molecular weight excluding hydrogens is 112 g/mol. The number of aryl methyl sites for hydroxylation is 1. The Morgan fingerprint density at radius 3 is 2.78 bits per heavy atom. The standard InChI is InChI=1S/C7H10N2/c1-6-5-9-4-3-7(6)8-2/h3-5H,1-2H3,(H,8,9). The maximum Gasteiger partial charge on any atom is 0.0398 e. The van der Waals surface area contributed by atoms with Crippen molar-refractivity contribution in [3.63, 3.8) is 0 Å². The number of pyridine rings is 1. The van der Waals surface area contributed by atoms with Crippen molar-refractivity contribution in [3.05, 3.63) is 24.0 Å². The highest BCUT2D eigenvalue weighted by Crippen LogP contribution is 2.08. The molecule has 48 valence electrons. The first-order valence-electron chi connectivity index (χ1n) is 2.93. The van der Waals surface area contributed by atoms with Crippen molar-refractivity contribution in [1.82, 2.24) is 4.98 Å². The Labute approximate surface area is 54.9 Å². The highest BCUT2D eigenvalue weighted by atomic mass is 14.8. The summed E-state index contributed by atoms with van der Waals surface area (Å²) >= 11 is 0. The summed E-state index contributed by atoms with van der Waals surface area (Å²) in [6.07, 6.45) is 3.62. The topological polar surface area (TPSA) is 24.9 Å². The van der Waals surface area contributed by atoms with E-state index in [-0.39, 0.29) is 0 Å². The van der Waals surface area contributed by atoms with Gasteiger partial charge in [-0.2, -0.15) is 0 Å². The van der Waals surface area contributed by atoms with Crippen LogP contribution in [0.25, 0.3) is 0 Å². The van der Waals surface area contributed by atoms with E-state index < -0.39 is 0 Å². The molecule has 0 aliphatic carbocycles. The van der Waals surface area contributed by atoms with Crippen LogP contribution in [0.3, 0.4) is 0 Å². The fourth-order valence-corrected chi connectivity index (χ4v) is 0.754. The lowest BCUT2D eigenvalue weighted by molar-refractivity contribution is 1.26. The lowest BCUT2D eigenvalue weighted by Gasteiger charge is -2.00. The first-order valence-corrected chi connectivity index (χ1v) is 2.93. The fourth-order valence-electron chi connectivity index (χ4n) is 0.754. The van der Waals surface area contributed by atoms with Gasteiger partial charge in [0.05, 0.1) is 0 Å². The molecule has 0 radical (unpaired) electrons. The molecule has 0 bridgehead atoms. The van der Waals surface area contributed by atoms with Crippen LogP contribution < -0.4 is 5.32 Å². The molecule has 0 spiro atoms. The Balaban J connectivity index is 3.01. The summed E-state index contributed by atoms with van der Waals surface area (Å²) in [5.41, 5.74) is 2.32. The molecule has 0 saturated carbocycles. The van der Waals surface area contributed by atoms with Crippen molar-refractivity contribution in [2.75, 3.05) is 12.4 Å². The number of anilines is 1. The predicted octanol–water partition coefficient (Wildman–Crippen LogP) is 1.43. The molecule has 1 N–H and O–H groups in total. The zero-order valence-corrected chi connectivity index (χ0v) is 5.68. The number of nitrogens with one attached hydrogen (secondary N) is 1. The number of rotatable bonds is 1. The van der Waals surface area contributed by atoms with Gasteiger partial charge in [-0.25, -0.2) is 0 Å². The summed E-state index contributed by atoms with van der Waals surface area (Å²) in [7, 11) is 1.91. The molecule has 1 rings (SSSR count). The van der Waals surface area contributed by atoms with Gasteiger partial charge in [0.2, 0.25) is 0 Å². The van der Waals surface area contributed by atoms with Gasteiger partial charge in [-0.05, 0) is 18.6 Å². The summed E-state index contributed by atoms with van der Waals surface area (Å²) in [6, 6.07) is 1.95. The number of nitrogens with zero attached hydrogens (tertiary/aromatic N) is 1. The maximum absolute atomic E-state index is 3.95. The molecule has 0 aliphatic heterocycles. The van der Waals surface area contributed by atoms with Crippen LogP contribution in [-0.2, 0) is 0 Å². The van der Waals surface area contributed by atoms with Gasteiger partial charge in [-0.3, -0.25) is 4.98 Å². The van der Waals surface area contributed by atoms with E-state index in [2.05, 4.69) is 10.3 Å². The SMILES string of the molecule is CNc1ccncc1C. The third-order valence-electron chi connectivity index (χ3n) is 1.29. The third kappa shape index (κ3) is 1.19. The average Bonchev–Trinajstić information content (AvgIpc) is 1.89. The monoisotopic (exact) mass is 122 g/mol. The highest BCUT2D eigenvalue weighted by molar-refractivity contribution is 5.47. The van der Waals surface area contributed by atoms with E-state index in [0.717, 1.165) is 5.69 Å². The van der Waals surface area contributed by atoms with E-state index in [4.69, 9.17) is 0 Å². The van der Waals surface area contributed by atoms with Crippen molar-refractivity contribution in [3.8, 4) is 0 Å². The molecule has 9 heavy (non-hydrogen) atoms. The summed E-state index contributed by atoms with van der Waals surface area (Å²) in [4.78, 5) is 3.95. The Morgan fingerprint density at radius 2 is 2.33 bits per heavy atom. The van der Waals surface area contributed by atoms with E-state index >= 15 is 0 Å². The highest BCUT2D eigenvalue weighted by Gasteiger charge is 1.89. The first-order chi connectivity index (χ1) is 4.34. The second-order valence-electron chi connectivity index (χ2n) is 1.94. The van der Waals surface area contributed by atoms with Gasteiger partial charge in [-0.15, -0.1) is 0 Å². The third-order valence-corrected chi connectivity index (χ3v) is 1.29. The molecule has 0 unspecified atom stereocenters. The van der Waals surface area contributed by atoms with Crippen LogP contribution >= 0.6 is 0 Å². The summed E-state index contributed by atoms with van der Waals surface area (Å²) in [5.74, 6) is 0. The van der Waals surface area contributed by atoms with Crippen LogP contribution in [0.15, 0.2) is 18.5 Å². The zero-order chi connectivity index (χ0) is 6.69. The van der Waals surface area contributed by atoms with Gasteiger partial charge < -0.3 is 5.32 Å². The molecule has 0 saturated heterocycles. The second-order valence-corrected chi connectivity index (χ2v) is 1.94. The Kier molecular flexibility index (Phi) is 1.68. The molecule has 1 aromatic rings. The van der Waals surface area contributed by atoms with Crippen LogP contribution in [0.1, 0.15) is 5.56 Å². The van der Waals surface area contributed by atoms with E-state index in [1.165, 1.54) is 5.56 Å². The molecule has 0 fully saturated rings. The van der Waals surface area contributed by atoms with E-state index in [9.17, 15) is 0 Å². The summed E-state index contributed by atoms with van der Waals surface area (Å²) < 4.78 is 0. The molecular formula is C7H10N2. The Morgan fingerprint density at radius 1 is 1.56 bits per heavy atom. The Bertz CT molecular complexity index is 196. The van der Waals surface area contributed by atoms with Gasteiger partial charge in [0, 0.05) is 25.1 Å². The van der Waals surface area contributed by atoms with Crippen molar-refractivity contribution in [2.24, 2.45) is 0 Å². The largest absolute Gasteiger partial charge is 0.388 e. The van der Waals surface area contributed by atoms with Gasteiger partial charge >= 0.3 is 0 Å². The molecule has 1 aromatic heterocycles. The average molecular weight is 122 g/mol. The number of hydrogen-bond donors (Lipinski definition) is 1. The molecule has 2 nitrogen and oxygen atoms in total. The van der Waals surface area contributed by atoms with Crippen molar-refractivity contribution in [1.29, 1.82) is 0 Å². The maximum atomic E-state index is 3.95. The van der Waals surface area contributed by atoms with Crippen LogP contribution in [-0.4, -0.2) is 12.0 Å². The van der Waals surface area contributed by atoms with E-state index in [0.29, 0.717) is 0 Å². The van der Waals surface area contributed by atoms with Crippen molar-refractivity contribution >= 4 is 5.69 Å². The number of hydrogen-bond acceptors (Lipinski definition) is 2. The molecule has 0 aliphatic rings. The summed E-state index contributed by atoms with van der Waals surface area (Å²) in [5, 5.41) is 3.06. The number of aromatic nitrogens is 1. The fraction of sp³-hybridized carbons (Fsp3) is 0.286. The van der Waals surface area contributed by atoms with Gasteiger partial charge in [-0.1, -0.05) is 0 Å². The minimum absolute atomic E-state index is 1.14. The van der Waals surface area contributed by atoms with Crippen LogP contribution in [0, 0.1) is 6.92 Å². The summed E-state index contributed by atoms with van der Waals surface area (Å²) in [6.45, 7) is 2.03. The minimum atomic E-state index is 1.14. The molecule has 0 amide bonds. The van der Waals surface area contributed by atoms with Gasteiger partial charge in [0.15, 0.2) is 0 Å². The first kappa shape index (κ1) is 6.08. The van der Waals surface area contributed by atoms with Crippen LogP contribution in [0.5, 0.6) is 0 Å². The minimum Gasteiger partial charge on any atom is -0.388 e. The quantitative estimate of drug-likeness (QED) is 0.609. The predicted molar refractivity (Wildman–Crippen MR) is 38.5 cm³/mol. The van der Waals surface area contributed by atoms with Crippen LogP contribution in [0.4, 0.5) is 5.69 Å². The second kappa shape index (κ2) is 2.49. The van der Waals surface area contributed by atoms with Gasteiger partial charge in [0.25, 0.3) is 0 Å². The molecule has 0 aromatic carbocycles. The molecule has 1 heterocycles. The van der Waals surface area contributed by atoms with E-state index in [1.807, 2.05) is 26.2 Å². The van der Waals surface area contributed by atoms with Crippen LogP contribution in [0.2, 0.25) is 0 Å². The zero-order valence-electron chi connectivity index (χ0n) is 5.68. The van der Waals surface area contributed by atoms with Crippen molar-refractivity contribution < 1.29 is 0 Å². The molecule has 2 heteroatoms.